The summed E-state index contributed by atoms with van der Waals surface area (Å²) < 4.78 is 0. The Morgan fingerprint density at radius 3 is 2.18 bits per heavy atom. The highest BCUT2D eigenvalue weighted by Gasteiger charge is 2.10. The molecule has 4 aromatic rings. The molecule has 0 fully saturated rings. The number of carbonyl (C=O) groups excluding carboxylic acids is 1. The fraction of sp³-hybridized carbons (Fsp3) is 0.0400. The van der Waals surface area contributed by atoms with E-state index in [2.05, 4.69) is 16.4 Å². The molecule has 0 radical (unpaired) electrons. The van der Waals surface area contributed by atoms with E-state index < -0.39 is 0 Å². The van der Waals surface area contributed by atoms with Gasteiger partial charge < -0.3 is 5.32 Å². The lowest BCUT2D eigenvalue weighted by Gasteiger charge is -2.14. The number of pyridine rings is 1. The first-order valence-electron chi connectivity index (χ1n) is 9.20. The Kier molecular flexibility index (Phi) is 4.98. The summed E-state index contributed by atoms with van der Waals surface area (Å²) in [4.78, 5) is 17.5. The maximum absolute atomic E-state index is 12.8. The minimum atomic E-state index is -0.0451. The lowest BCUT2D eigenvalue weighted by Crippen LogP contribution is -2.04. The van der Waals surface area contributed by atoms with E-state index in [-0.39, 0.29) is 5.78 Å². The lowest BCUT2D eigenvalue weighted by molar-refractivity contribution is 0.104. The van der Waals surface area contributed by atoms with Crippen LogP contribution in [0.1, 0.15) is 21.6 Å². The van der Waals surface area contributed by atoms with E-state index in [0.717, 1.165) is 33.5 Å². The van der Waals surface area contributed by atoms with Gasteiger partial charge in [-0.25, -0.2) is 0 Å². The number of fused-ring (bicyclic) bond motifs is 1. The molecule has 136 valence electrons. The van der Waals surface area contributed by atoms with Crippen molar-refractivity contribution >= 4 is 28.1 Å². The average molecular weight is 364 g/mol. The van der Waals surface area contributed by atoms with Crippen LogP contribution in [0, 0.1) is 6.92 Å². The van der Waals surface area contributed by atoms with E-state index in [1.807, 2.05) is 91.9 Å². The number of benzene rings is 3. The molecule has 0 unspecified atom stereocenters. The zero-order valence-electron chi connectivity index (χ0n) is 15.6. The number of rotatable bonds is 5. The number of aryl methyl sites for hydroxylation is 1. The molecule has 0 saturated carbocycles. The molecule has 3 aromatic carbocycles. The summed E-state index contributed by atoms with van der Waals surface area (Å²) in [5.41, 5.74) is 5.05. The van der Waals surface area contributed by atoms with Crippen molar-refractivity contribution < 1.29 is 4.79 Å². The van der Waals surface area contributed by atoms with E-state index in [9.17, 15) is 4.79 Å². The molecule has 0 spiro atoms. The van der Waals surface area contributed by atoms with Crippen molar-refractivity contribution in [3.8, 4) is 0 Å². The number of nitrogens with one attached hydrogen (secondary N) is 1. The van der Waals surface area contributed by atoms with Crippen LogP contribution in [-0.4, -0.2) is 10.8 Å². The van der Waals surface area contributed by atoms with Crippen LogP contribution < -0.4 is 5.32 Å². The molecule has 0 amide bonds. The molecule has 0 atom stereocenters. The number of hydrogen-bond acceptors (Lipinski definition) is 3. The van der Waals surface area contributed by atoms with Gasteiger partial charge in [-0.2, -0.15) is 0 Å². The first-order valence-corrected chi connectivity index (χ1v) is 9.20. The van der Waals surface area contributed by atoms with Gasteiger partial charge in [-0.3, -0.25) is 9.78 Å². The maximum atomic E-state index is 12.8. The molecular formula is C25H20N2O. The summed E-state index contributed by atoms with van der Waals surface area (Å²) in [7, 11) is 0. The van der Waals surface area contributed by atoms with Crippen LogP contribution in [0.2, 0.25) is 0 Å². The summed E-state index contributed by atoms with van der Waals surface area (Å²) >= 11 is 0. The van der Waals surface area contributed by atoms with Crippen LogP contribution in [0.5, 0.6) is 0 Å². The number of anilines is 1. The van der Waals surface area contributed by atoms with E-state index in [1.165, 1.54) is 0 Å². The SMILES string of the molecule is Cc1ccc2cccc(N/C(=C/C(=O)c3ccccc3)c3ccccc3)c2n1. The molecule has 0 bridgehead atoms. The molecule has 1 aromatic heterocycles. The molecule has 0 aliphatic heterocycles. The van der Waals surface area contributed by atoms with Gasteiger partial charge in [0.15, 0.2) is 5.78 Å². The van der Waals surface area contributed by atoms with Gasteiger partial charge in [0.05, 0.1) is 11.2 Å². The Bertz CT molecular complexity index is 1150. The minimum absolute atomic E-state index is 0.0451. The number of nitrogens with zero attached hydrogens (tertiary/aromatic N) is 1. The number of hydrogen-bond donors (Lipinski definition) is 1. The fourth-order valence-corrected chi connectivity index (χ4v) is 3.12. The summed E-state index contributed by atoms with van der Waals surface area (Å²) in [5, 5.41) is 4.50. The minimum Gasteiger partial charge on any atom is -0.353 e. The topological polar surface area (TPSA) is 42.0 Å². The standard InChI is InChI=1S/C25H20N2O/c1-18-15-16-21-13-8-14-22(25(21)26-18)27-23(19-9-4-2-5-10-19)17-24(28)20-11-6-3-7-12-20/h2-17,27H,1H3/b23-17+. The normalized spacial score (nSPS) is 11.4. The first kappa shape index (κ1) is 17.7. The van der Waals surface area contributed by atoms with Crippen molar-refractivity contribution in [1.29, 1.82) is 0 Å². The molecule has 0 aliphatic rings. The van der Waals surface area contributed by atoms with Gasteiger partial charge in [-0.15, -0.1) is 0 Å². The highest BCUT2D eigenvalue weighted by molar-refractivity contribution is 6.10. The monoisotopic (exact) mass is 364 g/mol. The van der Waals surface area contributed by atoms with Crippen LogP contribution in [0.3, 0.4) is 0 Å². The van der Waals surface area contributed by atoms with E-state index >= 15 is 0 Å². The van der Waals surface area contributed by atoms with Crippen LogP contribution in [0.15, 0.2) is 97.1 Å². The summed E-state index contributed by atoms with van der Waals surface area (Å²) in [6, 6.07) is 29.2. The quantitative estimate of drug-likeness (QED) is 0.355. The number of ketones is 1. The Morgan fingerprint density at radius 2 is 1.46 bits per heavy atom. The first-order chi connectivity index (χ1) is 13.7. The zero-order valence-corrected chi connectivity index (χ0v) is 15.6. The van der Waals surface area contributed by atoms with Crippen LogP contribution in [0.25, 0.3) is 16.6 Å². The molecule has 3 nitrogen and oxygen atoms in total. The number of carbonyl (C=O) groups is 1. The van der Waals surface area contributed by atoms with Crippen molar-refractivity contribution in [1.82, 2.24) is 4.98 Å². The van der Waals surface area contributed by atoms with Gasteiger partial charge in [-0.05, 0) is 24.6 Å². The van der Waals surface area contributed by atoms with Crippen LogP contribution in [0.4, 0.5) is 5.69 Å². The zero-order chi connectivity index (χ0) is 19.3. The molecule has 3 heteroatoms. The van der Waals surface area contributed by atoms with Crippen molar-refractivity contribution in [3.63, 3.8) is 0 Å². The molecular weight excluding hydrogens is 344 g/mol. The predicted molar refractivity (Wildman–Crippen MR) is 115 cm³/mol. The van der Waals surface area contributed by atoms with Gasteiger partial charge in [0, 0.05) is 28.4 Å². The third kappa shape index (κ3) is 3.84. The lowest BCUT2D eigenvalue weighted by atomic mass is 10.1. The van der Waals surface area contributed by atoms with Gasteiger partial charge in [0.2, 0.25) is 0 Å². The Morgan fingerprint density at radius 1 is 0.786 bits per heavy atom. The second-order valence-electron chi connectivity index (χ2n) is 6.61. The van der Waals surface area contributed by atoms with Gasteiger partial charge in [-0.1, -0.05) is 78.9 Å². The maximum Gasteiger partial charge on any atom is 0.187 e. The van der Waals surface area contributed by atoms with Gasteiger partial charge in [0.1, 0.15) is 0 Å². The number of allylic oxidation sites excluding steroid dienone is 1. The van der Waals surface area contributed by atoms with Crippen molar-refractivity contribution in [3.05, 3.63) is 114 Å². The molecule has 1 N–H and O–H groups in total. The van der Waals surface area contributed by atoms with Crippen LogP contribution in [-0.2, 0) is 0 Å². The van der Waals surface area contributed by atoms with Crippen molar-refractivity contribution in [2.24, 2.45) is 0 Å². The summed E-state index contributed by atoms with van der Waals surface area (Å²) in [6.45, 7) is 1.98. The van der Waals surface area contributed by atoms with Crippen molar-refractivity contribution in [2.75, 3.05) is 5.32 Å². The number of aromatic nitrogens is 1. The largest absolute Gasteiger partial charge is 0.353 e. The summed E-state index contributed by atoms with van der Waals surface area (Å²) in [5.74, 6) is -0.0451. The van der Waals surface area contributed by atoms with Crippen LogP contribution >= 0.6 is 0 Å². The van der Waals surface area contributed by atoms with Gasteiger partial charge >= 0.3 is 0 Å². The Hall–Kier alpha value is -3.72. The third-order valence-electron chi connectivity index (χ3n) is 4.55. The number of para-hydroxylation sites is 1. The third-order valence-corrected chi connectivity index (χ3v) is 4.55. The molecule has 0 saturated heterocycles. The van der Waals surface area contributed by atoms with E-state index in [0.29, 0.717) is 5.56 Å². The Balaban J connectivity index is 1.78. The van der Waals surface area contributed by atoms with Crippen molar-refractivity contribution in [2.45, 2.75) is 6.92 Å². The average Bonchev–Trinajstić information content (AvgIpc) is 2.75. The Labute approximate surface area is 164 Å². The van der Waals surface area contributed by atoms with E-state index in [4.69, 9.17) is 0 Å². The van der Waals surface area contributed by atoms with Gasteiger partial charge in [0.25, 0.3) is 0 Å². The highest BCUT2D eigenvalue weighted by atomic mass is 16.1. The smallest absolute Gasteiger partial charge is 0.187 e. The van der Waals surface area contributed by atoms with E-state index in [1.54, 1.807) is 6.08 Å². The molecule has 28 heavy (non-hydrogen) atoms. The molecule has 4 rings (SSSR count). The molecule has 0 aliphatic carbocycles. The molecule has 1 heterocycles. The fourth-order valence-electron chi connectivity index (χ4n) is 3.12. The predicted octanol–water partition coefficient (Wildman–Crippen LogP) is 5.88. The second kappa shape index (κ2) is 7.89. The second-order valence-corrected chi connectivity index (χ2v) is 6.61. The summed E-state index contributed by atoms with van der Waals surface area (Å²) in [6.07, 6.45) is 1.65. The highest BCUT2D eigenvalue weighted by Crippen LogP contribution is 2.26.